The Bertz CT molecular complexity index is 1810. The molecule has 0 aliphatic heterocycles. The molecule has 0 saturated carbocycles. The molecule has 0 atom stereocenters. The highest BCUT2D eigenvalue weighted by Crippen LogP contribution is 2.42. The fourth-order valence-electron chi connectivity index (χ4n) is 4.68. The zero-order valence-corrected chi connectivity index (χ0v) is 26.3. The summed E-state index contributed by atoms with van der Waals surface area (Å²) in [6, 6.07) is 14.5. The van der Waals surface area contributed by atoms with Gasteiger partial charge in [0.05, 0.1) is 50.0 Å². The van der Waals surface area contributed by atoms with Gasteiger partial charge in [0.15, 0.2) is 34.7 Å². The highest BCUT2D eigenvalue weighted by molar-refractivity contribution is 7.22. The van der Waals surface area contributed by atoms with Crippen LogP contribution in [0, 0.1) is 13.8 Å². The second kappa shape index (κ2) is 12.6. The van der Waals surface area contributed by atoms with Crippen molar-refractivity contribution < 1.29 is 33.3 Å². The van der Waals surface area contributed by atoms with Gasteiger partial charge in [-0.15, -0.1) is 0 Å². The van der Waals surface area contributed by atoms with Crippen LogP contribution in [0.15, 0.2) is 48.5 Å². The van der Waals surface area contributed by atoms with Crippen LogP contribution in [-0.4, -0.2) is 61.6 Å². The van der Waals surface area contributed by atoms with Crippen molar-refractivity contribution in [1.82, 2.24) is 14.8 Å². The molecule has 0 unspecified atom stereocenters. The molecule has 11 nitrogen and oxygen atoms in total. The number of amides is 1. The standard InChI is InChI=1S/C32H32N4O7S/c1-17-10-23-29(11-18(17)2)44-32(33-23)34-30(38)16-43-26-12-20(8-9-25(26)39-4)24-15-22(35-36(24)19(3)37)21-13-27(40-5)31(42-7)28(14-21)41-6/h8-15H,16H2,1-7H3,(H,33,34,38). The summed E-state index contributed by atoms with van der Waals surface area (Å²) in [5.74, 6) is 1.43. The summed E-state index contributed by atoms with van der Waals surface area (Å²) in [6.45, 7) is 5.21. The van der Waals surface area contributed by atoms with Gasteiger partial charge in [0, 0.05) is 18.1 Å². The van der Waals surface area contributed by atoms with Crippen LogP contribution in [0.25, 0.3) is 32.7 Å². The van der Waals surface area contributed by atoms with Crippen LogP contribution in [-0.2, 0) is 4.79 Å². The molecular formula is C32H32N4O7S. The lowest BCUT2D eigenvalue weighted by molar-refractivity contribution is -0.118. The molecule has 44 heavy (non-hydrogen) atoms. The third kappa shape index (κ3) is 6.02. The molecule has 5 aromatic rings. The molecule has 0 aliphatic carbocycles. The van der Waals surface area contributed by atoms with E-state index in [9.17, 15) is 9.59 Å². The zero-order chi connectivity index (χ0) is 31.5. The molecule has 228 valence electrons. The molecular weight excluding hydrogens is 584 g/mol. The van der Waals surface area contributed by atoms with Gasteiger partial charge in [-0.2, -0.15) is 9.78 Å². The molecule has 2 aromatic heterocycles. The predicted molar refractivity (Wildman–Crippen MR) is 169 cm³/mol. The van der Waals surface area contributed by atoms with E-state index in [4.69, 9.17) is 23.7 Å². The molecule has 1 amide bonds. The average molecular weight is 617 g/mol. The number of thiazole rings is 1. The minimum Gasteiger partial charge on any atom is -0.493 e. The van der Waals surface area contributed by atoms with Gasteiger partial charge >= 0.3 is 0 Å². The Labute approximate surface area is 258 Å². The quantitative estimate of drug-likeness (QED) is 0.197. The third-order valence-electron chi connectivity index (χ3n) is 7.04. The Hall–Kier alpha value is -5.10. The molecule has 0 spiro atoms. The number of aryl methyl sites for hydroxylation is 2. The molecule has 5 rings (SSSR count). The van der Waals surface area contributed by atoms with Crippen molar-refractivity contribution in [3.8, 4) is 51.3 Å². The Morgan fingerprint density at radius 2 is 1.48 bits per heavy atom. The second-order valence-corrected chi connectivity index (χ2v) is 10.9. The minimum atomic E-state index is -0.372. The normalized spacial score (nSPS) is 10.9. The fraction of sp³-hybridized carbons (Fsp3) is 0.250. The number of ether oxygens (including phenoxy) is 5. The van der Waals surface area contributed by atoms with Crippen molar-refractivity contribution in [1.29, 1.82) is 0 Å². The van der Waals surface area contributed by atoms with Crippen molar-refractivity contribution in [2.24, 2.45) is 0 Å². The first-order valence-electron chi connectivity index (χ1n) is 13.6. The number of hydrogen-bond donors (Lipinski definition) is 1. The molecule has 0 fully saturated rings. The van der Waals surface area contributed by atoms with Gasteiger partial charge in [0.1, 0.15) is 0 Å². The van der Waals surface area contributed by atoms with Crippen LogP contribution in [0.3, 0.4) is 0 Å². The van der Waals surface area contributed by atoms with Crippen molar-refractivity contribution >= 4 is 38.5 Å². The topological polar surface area (TPSA) is 123 Å². The molecule has 0 saturated heterocycles. The number of benzene rings is 3. The molecule has 3 aromatic carbocycles. The maximum atomic E-state index is 12.8. The third-order valence-corrected chi connectivity index (χ3v) is 7.97. The maximum absolute atomic E-state index is 12.8. The number of anilines is 1. The zero-order valence-electron chi connectivity index (χ0n) is 25.4. The number of carbonyl (C=O) groups excluding carboxylic acids is 2. The van der Waals surface area contributed by atoms with E-state index in [1.807, 2.05) is 19.9 Å². The van der Waals surface area contributed by atoms with Crippen molar-refractivity contribution in [2.75, 3.05) is 40.4 Å². The first-order valence-corrected chi connectivity index (χ1v) is 14.4. The van der Waals surface area contributed by atoms with E-state index in [-0.39, 0.29) is 18.4 Å². The van der Waals surface area contributed by atoms with E-state index < -0.39 is 0 Å². The Kier molecular flexibility index (Phi) is 8.72. The van der Waals surface area contributed by atoms with Gasteiger partial charge in [-0.3, -0.25) is 14.9 Å². The summed E-state index contributed by atoms with van der Waals surface area (Å²) in [4.78, 5) is 30.0. The predicted octanol–water partition coefficient (Wildman–Crippen LogP) is 6.16. The Balaban J connectivity index is 1.41. The van der Waals surface area contributed by atoms with E-state index in [2.05, 4.69) is 21.5 Å². The molecule has 1 N–H and O–H groups in total. The van der Waals surface area contributed by atoms with Crippen molar-refractivity contribution in [3.63, 3.8) is 0 Å². The summed E-state index contributed by atoms with van der Waals surface area (Å²) >= 11 is 1.40. The van der Waals surface area contributed by atoms with Crippen LogP contribution in [0.1, 0.15) is 22.8 Å². The number of carbonyl (C=O) groups is 2. The second-order valence-electron chi connectivity index (χ2n) is 9.89. The molecule has 2 heterocycles. The number of aromatic nitrogens is 3. The number of methoxy groups -OCH3 is 4. The lowest BCUT2D eigenvalue weighted by Gasteiger charge is -2.13. The van der Waals surface area contributed by atoms with E-state index in [0.717, 1.165) is 21.3 Å². The highest BCUT2D eigenvalue weighted by Gasteiger charge is 2.20. The molecule has 12 heteroatoms. The smallest absolute Gasteiger partial charge is 0.264 e. The van der Waals surface area contributed by atoms with Crippen molar-refractivity contribution in [2.45, 2.75) is 20.8 Å². The Morgan fingerprint density at radius 3 is 2.11 bits per heavy atom. The number of fused-ring (bicyclic) bond motifs is 1. The lowest BCUT2D eigenvalue weighted by Crippen LogP contribution is -2.20. The van der Waals surface area contributed by atoms with Crippen LogP contribution in [0.4, 0.5) is 5.13 Å². The summed E-state index contributed by atoms with van der Waals surface area (Å²) in [5, 5.41) is 7.86. The van der Waals surface area contributed by atoms with Crippen LogP contribution in [0.2, 0.25) is 0 Å². The molecule has 0 bridgehead atoms. The Morgan fingerprint density at radius 1 is 0.818 bits per heavy atom. The van der Waals surface area contributed by atoms with E-state index in [1.165, 1.54) is 51.4 Å². The van der Waals surface area contributed by atoms with Crippen LogP contribution >= 0.6 is 11.3 Å². The summed E-state index contributed by atoms with van der Waals surface area (Å²) in [5.41, 5.74) is 5.43. The first-order chi connectivity index (χ1) is 21.1. The van der Waals surface area contributed by atoms with Gasteiger partial charge < -0.3 is 23.7 Å². The van der Waals surface area contributed by atoms with Crippen LogP contribution < -0.4 is 29.0 Å². The average Bonchev–Trinajstić information content (AvgIpc) is 3.63. The summed E-state index contributed by atoms with van der Waals surface area (Å²) in [7, 11) is 6.09. The molecule has 0 aliphatic rings. The van der Waals surface area contributed by atoms with Gasteiger partial charge in [-0.05, 0) is 73.5 Å². The van der Waals surface area contributed by atoms with Gasteiger partial charge in [-0.25, -0.2) is 4.98 Å². The summed E-state index contributed by atoms with van der Waals surface area (Å²) in [6.07, 6.45) is 0. The highest BCUT2D eigenvalue weighted by atomic mass is 32.1. The van der Waals surface area contributed by atoms with Crippen molar-refractivity contribution in [3.05, 3.63) is 59.7 Å². The number of rotatable bonds is 10. The fourth-order valence-corrected chi connectivity index (χ4v) is 5.64. The monoisotopic (exact) mass is 616 g/mol. The first kappa shape index (κ1) is 30.4. The van der Waals surface area contributed by atoms with E-state index in [1.54, 1.807) is 36.4 Å². The van der Waals surface area contributed by atoms with E-state index in [0.29, 0.717) is 56.4 Å². The lowest BCUT2D eigenvalue weighted by atomic mass is 10.1. The van der Waals surface area contributed by atoms with Gasteiger partial charge in [0.2, 0.25) is 11.7 Å². The molecule has 0 radical (unpaired) electrons. The SMILES string of the molecule is COc1ccc(-c2cc(-c3cc(OC)c(OC)c(OC)c3)nn2C(C)=O)cc1OCC(=O)Nc1nc2cc(C)c(C)cc2s1. The number of hydrogen-bond acceptors (Lipinski definition) is 10. The minimum absolute atomic E-state index is 0.281. The number of nitrogens with zero attached hydrogens (tertiary/aromatic N) is 3. The van der Waals surface area contributed by atoms with Gasteiger partial charge in [0.25, 0.3) is 5.91 Å². The van der Waals surface area contributed by atoms with Gasteiger partial charge in [-0.1, -0.05) is 11.3 Å². The summed E-state index contributed by atoms with van der Waals surface area (Å²) < 4.78 is 30.1. The van der Waals surface area contributed by atoms with E-state index >= 15 is 0 Å². The maximum Gasteiger partial charge on any atom is 0.264 e. The number of nitrogens with one attached hydrogen (secondary N) is 1. The van der Waals surface area contributed by atoms with Crippen LogP contribution in [0.5, 0.6) is 28.7 Å². The largest absolute Gasteiger partial charge is 0.493 e.